The van der Waals surface area contributed by atoms with Crippen molar-refractivity contribution in [2.45, 2.75) is 17.9 Å². The van der Waals surface area contributed by atoms with Crippen molar-refractivity contribution in [3.63, 3.8) is 0 Å². The van der Waals surface area contributed by atoms with Crippen LogP contribution in [0.2, 0.25) is 15.1 Å². The molecular formula is C16H16Cl3NO3S. The van der Waals surface area contributed by atoms with E-state index in [4.69, 9.17) is 39.5 Å². The molecule has 0 amide bonds. The van der Waals surface area contributed by atoms with Crippen LogP contribution in [0.15, 0.2) is 41.3 Å². The number of hydrogen-bond donors (Lipinski definition) is 1. The molecule has 130 valence electrons. The van der Waals surface area contributed by atoms with Gasteiger partial charge < -0.3 is 4.74 Å². The van der Waals surface area contributed by atoms with E-state index in [-0.39, 0.29) is 16.5 Å². The molecule has 0 aromatic heterocycles. The van der Waals surface area contributed by atoms with Gasteiger partial charge in [0, 0.05) is 29.3 Å². The number of ether oxygens (including phenoxy) is 1. The van der Waals surface area contributed by atoms with Crippen LogP contribution < -0.4 is 4.72 Å². The molecule has 0 fully saturated rings. The maximum absolute atomic E-state index is 12.5. The Morgan fingerprint density at radius 3 is 2.38 bits per heavy atom. The van der Waals surface area contributed by atoms with Gasteiger partial charge in [0.25, 0.3) is 0 Å². The van der Waals surface area contributed by atoms with Crippen molar-refractivity contribution in [1.29, 1.82) is 0 Å². The second-order valence-corrected chi connectivity index (χ2v) is 8.09. The monoisotopic (exact) mass is 407 g/mol. The first-order chi connectivity index (χ1) is 11.3. The lowest BCUT2D eigenvalue weighted by Gasteiger charge is -2.18. The Morgan fingerprint density at radius 1 is 1.08 bits per heavy atom. The highest BCUT2D eigenvalue weighted by Crippen LogP contribution is 2.29. The van der Waals surface area contributed by atoms with Gasteiger partial charge in [-0.3, -0.25) is 0 Å². The average Bonchev–Trinajstić information content (AvgIpc) is 2.52. The molecule has 0 saturated carbocycles. The Morgan fingerprint density at radius 2 is 1.75 bits per heavy atom. The molecule has 0 aliphatic carbocycles. The molecule has 2 aromatic carbocycles. The molecule has 2 aromatic rings. The molecule has 2 rings (SSSR count). The third kappa shape index (κ3) is 4.42. The van der Waals surface area contributed by atoms with Crippen LogP contribution in [0.3, 0.4) is 0 Å². The van der Waals surface area contributed by atoms with Gasteiger partial charge in [-0.05, 0) is 30.7 Å². The second kappa shape index (κ2) is 8.04. The summed E-state index contributed by atoms with van der Waals surface area (Å²) in [6.45, 7) is 1.72. The highest BCUT2D eigenvalue weighted by Gasteiger charge is 2.22. The fraction of sp³-hybridized carbons (Fsp3) is 0.250. The van der Waals surface area contributed by atoms with Crippen LogP contribution in [0.25, 0.3) is 0 Å². The Bertz CT molecular complexity index is 840. The van der Waals surface area contributed by atoms with Crippen molar-refractivity contribution in [2.24, 2.45) is 0 Å². The summed E-state index contributed by atoms with van der Waals surface area (Å²) in [7, 11) is -2.33. The molecule has 0 heterocycles. The van der Waals surface area contributed by atoms with Crippen LogP contribution in [-0.4, -0.2) is 22.1 Å². The number of aryl methyl sites for hydroxylation is 1. The summed E-state index contributed by atoms with van der Waals surface area (Å²) in [6, 6.07) is 9.94. The normalized spacial score (nSPS) is 13.0. The van der Waals surface area contributed by atoms with Crippen molar-refractivity contribution >= 4 is 44.8 Å². The standard InChI is InChI=1S/C16H16Cl3NO3S/c1-10-7-16(14(19)8-13(10)18)24(21,22)20-9-15(23-2)11-5-3-4-6-12(11)17/h3-8,15,20H,9H2,1-2H3. The Kier molecular flexibility index (Phi) is 6.53. The number of halogens is 3. The molecule has 0 aliphatic rings. The number of nitrogens with one attached hydrogen (secondary N) is 1. The predicted octanol–water partition coefficient (Wildman–Crippen LogP) is 4.62. The zero-order chi connectivity index (χ0) is 17.9. The van der Waals surface area contributed by atoms with Crippen LogP contribution in [0, 0.1) is 6.92 Å². The fourth-order valence-electron chi connectivity index (χ4n) is 2.16. The topological polar surface area (TPSA) is 55.4 Å². The van der Waals surface area contributed by atoms with E-state index in [0.29, 0.717) is 21.2 Å². The van der Waals surface area contributed by atoms with Gasteiger partial charge in [0.15, 0.2) is 0 Å². The van der Waals surface area contributed by atoms with E-state index in [1.54, 1.807) is 31.2 Å². The number of benzene rings is 2. The maximum atomic E-state index is 12.5. The summed E-state index contributed by atoms with van der Waals surface area (Å²) < 4.78 is 32.9. The number of rotatable bonds is 6. The molecule has 0 bridgehead atoms. The third-order valence-electron chi connectivity index (χ3n) is 3.50. The smallest absolute Gasteiger partial charge is 0.242 e. The molecule has 4 nitrogen and oxygen atoms in total. The summed E-state index contributed by atoms with van der Waals surface area (Å²) >= 11 is 18.1. The average molecular weight is 409 g/mol. The first kappa shape index (κ1) is 19.5. The molecule has 1 unspecified atom stereocenters. The first-order valence-electron chi connectivity index (χ1n) is 6.99. The Hall–Kier alpha value is -0.820. The van der Waals surface area contributed by atoms with Crippen LogP contribution in [-0.2, 0) is 14.8 Å². The van der Waals surface area contributed by atoms with Gasteiger partial charge in [-0.1, -0.05) is 53.0 Å². The Labute approximate surface area is 156 Å². The predicted molar refractivity (Wildman–Crippen MR) is 97.6 cm³/mol. The summed E-state index contributed by atoms with van der Waals surface area (Å²) in [5.74, 6) is 0. The lowest BCUT2D eigenvalue weighted by atomic mass is 10.1. The van der Waals surface area contributed by atoms with Crippen molar-refractivity contribution in [2.75, 3.05) is 13.7 Å². The van der Waals surface area contributed by atoms with Crippen molar-refractivity contribution in [1.82, 2.24) is 4.72 Å². The summed E-state index contributed by atoms with van der Waals surface area (Å²) in [4.78, 5) is -0.0277. The molecule has 24 heavy (non-hydrogen) atoms. The minimum absolute atomic E-state index is 0.0145. The highest BCUT2D eigenvalue weighted by molar-refractivity contribution is 7.89. The second-order valence-electron chi connectivity index (χ2n) is 5.13. The van der Waals surface area contributed by atoms with E-state index >= 15 is 0 Å². The van der Waals surface area contributed by atoms with Gasteiger partial charge in [-0.2, -0.15) is 0 Å². The van der Waals surface area contributed by atoms with Crippen molar-refractivity contribution in [3.05, 3.63) is 62.6 Å². The first-order valence-corrected chi connectivity index (χ1v) is 9.60. The minimum atomic E-state index is -3.82. The van der Waals surface area contributed by atoms with E-state index < -0.39 is 16.1 Å². The van der Waals surface area contributed by atoms with Gasteiger partial charge in [0.2, 0.25) is 10.0 Å². The largest absolute Gasteiger partial charge is 0.375 e. The van der Waals surface area contributed by atoms with E-state index in [1.807, 2.05) is 0 Å². The highest BCUT2D eigenvalue weighted by atomic mass is 35.5. The zero-order valence-electron chi connectivity index (χ0n) is 13.0. The van der Waals surface area contributed by atoms with Crippen LogP contribution in [0.5, 0.6) is 0 Å². The van der Waals surface area contributed by atoms with Gasteiger partial charge in [0.05, 0.1) is 11.1 Å². The van der Waals surface area contributed by atoms with Crippen molar-refractivity contribution in [3.8, 4) is 0 Å². The number of hydrogen-bond acceptors (Lipinski definition) is 3. The molecular weight excluding hydrogens is 393 g/mol. The molecule has 1 atom stereocenters. The quantitative estimate of drug-likeness (QED) is 0.758. The molecule has 0 spiro atoms. The van der Waals surface area contributed by atoms with Crippen molar-refractivity contribution < 1.29 is 13.2 Å². The SMILES string of the molecule is COC(CNS(=O)(=O)c1cc(C)c(Cl)cc1Cl)c1ccccc1Cl. The lowest BCUT2D eigenvalue weighted by molar-refractivity contribution is 0.107. The Balaban J connectivity index is 2.24. The fourth-order valence-corrected chi connectivity index (χ4v) is 4.28. The van der Waals surface area contributed by atoms with E-state index in [2.05, 4.69) is 4.72 Å². The molecule has 0 aliphatic heterocycles. The van der Waals surface area contributed by atoms with E-state index in [1.165, 1.54) is 19.2 Å². The van der Waals surface area contributed by atoms with Crippen LogP contribution in [0.1, 0.15) is 17.2 Å². The zero-order valence-corrected chi connectivity index (χ0v) is 16.1. The lowest BCUT2D eigenvalue weighted by Crippen LogP contribution is -2.29. The van der Waals surface area contributed by atoms with E-state index in [9.17, 15) is 8.42 Å². The van der Waals surface area contributed by atoms with Gasteiger partial charge >= 0.3 is 0 Å². The molecule has 0 radical (unpaired) electrons. The van der Waals surface area contributed by atoms with Gasteiger partial charge in [-0.15, -0.1) is 0 Å². The summed E-state index contributed by atoms with van der Waals surface area (Å²) in [6.07, 6.45) is -0.527. The summed E-state index contributed by atoms with van der Waals surface area (Å²) in [5, 5.41) is 0.971. The molecule has 1 N–H and O–H groups in total. The maximum Gasteiger partial charge on any atom is 0.242 e. The minimum Gasteiger partial charge on any atom is -0.375 e. The molecule has 8 heteroatoms. The van der Waals surface area contributed by atoms with Gasteiger partial charge in [-0.25, -0.2) is 13.1 Å². The third-order valence-corrected chi connectivity index (χ3v) is 6.14. The van der Waals surface area contributed by atoms with E-state index in [0.717, 1.165) is 0 Å². The number of sulfonamides is 1. The number of methoxy groups -OCH3 is 1. The van der Waals surface area contributed by atoms with Crippen LogP contribution >= 0.6 is 34.8 Å². The van der Waals surface area contributed by atoms with Gasteiger partial charge in [0.1, 0.15) is 4.90 Å². The molecule has 0 saturated heterocycles. The summed E-state index contributed by atoms with van der Waals surface area (Å²) in [5.41, 5.74) is 1.32. The van der Waals surface area contributed by atoms with Crippen LogP contribution in [0.4, 0.5) is 0 Å².